The highest BCUT2D eigenvalue weighted by molar-refractivity contribution is 7.22. The number of benzene rings is 2. The van der Waals surface area contributed by atoms with Crippen LogP contribution in [0.4, 0.5) is 5.13 Å². The van der Waals surface area contributed by atoms with Crippen LogP contribution in [0.2, 0.25) is 0 Å². The fourth-order valence-electron chi connectivity index (χ4n) is 3.78. The number of morpholine rings is 1. The highest BCUT2D eigenvalue weighted by atomic mass is 32.1. The first kappa shape index (κ1) is 21.0. The molecule has 0 N–H and O–H groups in total. The van der Waals surface area contributed by atoms with Gasteiger partial charge < -0.3 is 4.74 Å². The second-order valence-corrected chi connectivity index (χ2v) is 9.04. The van der Waals surface area contributed by atoms with Crippen molar-refractivity contribution in [2.45, 2.75) is 27.2 Å². The molecule has 158 valence electrons. The fourth-order valence-corrected chi connectivity index (χ4v) is 4.85. The first-order valence-corrected chi connectivity index (χ1v) is 11.4. The SMILES string of the molecule is Cc1cccc(C(=O)N(CCCN2CCOCC2)c2nc3cc(C)c(C)cc3s2)c1. The second-order valence-electron chi connectivity index (χ2n) is 8.03. The molecule has 6 heteroatoms. The van der Waals surface area contributed by atoms with Gasteiger partial charge >= 0.3 is 0 Å². The van der Waals surface area contributed by atoms with Gasteiger partial charge in [0.05, 0.1) is 23.4 Å². The number of amides is 1. The first-order chi connectivity index (χ1) is 14.5. The van der Waals surface area contributed by atoms with Gasteiger partial charge in [0, 0.05) is 31.7 Å². The van der Waals surface area contributed by atoms with E-state index in [0.717, 1.165) is 60.2 Å². The van der Waals surface area contributed by atoms with Crippen molar-refractivity contribution in [3.05, 3.63) is 58.7 Å². The molecule has 0 aliphatic carbocycles. The summed E-state index contributed by atoms with van der Waals surface area (Å²) >= 11 is 1.60. The molecule has 0 spiro atoms. The van der Waals surface area contributed by atoms with E-state index in [1.165, 1.54) is 11.1 Å². The number of nitrogens with zero attached hydrogens (tertiary/aromatic N) is 3. The van der Waals surface area contributed by atoms with Crippen LogP contribution in [0.1, 0.15) is 33.5 Å². The Labute approximate surface area is 182 Å². The van der Waals surface area contributed by atoms with Crippen LogP contribution < -0.4 is 4.90 Å². The second kappa shape index (κ2) is 9.25. The van der Waals surface area contributed by atoms with E-state index >= 15 is 0 Å². The van der Waals surface area contributed by atoms with Crippen LogP contribution in [0, 0.1) is 20.8 Å². The van der Waals surface area contributed by atoms with Gasteiger partial charge in [0.25, 0.3) is 5.91 Å². The van der Waals surface area contributed by atoms with Crippen molar-refractivity contribution < 1.29 is 9.53 Å². The zero-order valence-corrected chi connectivity index (χ0v) is 18.8. The van der Waals surface area contributed by atoms with Crippen LogP contribution in [0.5, 0.6) is 0 Å². The van der Waals surface area contributed by atoms with Crippen LogP contribution in [-0.4, -0.2) is 55.2 Å². The Morgan fingerprint density at radius 3 is 2.67 bits per heavy atom. The Kier molecular flexibility index (Phi) is 6.46. The zero-order chi connectivity index (χ0) is 21.1. The summed E-state index contributed by atoms with van der Waals surface area (Å²) in [7, 11) is 0. The van der Waals surface area contributed by atoms with Crippen molar-refractivity contribution in [2.75, 3.05) is 44.3 Å². The molecule has 0 bridgehead atoms. The number of thiazole rings is 1. The molecule has 2 aromatic carbocycles. The molecule has 0 radical (unpaired) electrons. The maximum Gasteiger partial charge on any atom is 0.260 e. The summed E-state index contributed by atoms with van der Waals surface area (Å²) in [5.74, 6) is 0.0215. The molecule has 1 amide bonds. The Morgan fingerprint density at radius 1 is 1.13 bits per heavy atom. The van der Waals surface area contributed by atoms with Crippen molar-refractivity contribution in [3.8, 4) is 0 Å². The van der Waals surface area contributed by atoms with Crippen LogP contribution >= 0.6 is 11.3 Å². The Morgan fingerprint density at radius 2 is 1.90 bits per heavy atom. The summed E-state index contributed by atoms with van der Waals surface area (Å²) in [5.41, 5.74) is 5.25. The summed E-state index contributed by atoms with van der Waals surface area (Å²) in [4.78, 5) is 22.6. The van der Waals surface area contributed by atoms with Gasteiger partial charge in [0.2, 0.25) is 0 Å². The molecular formula is C24H29N3O2S. The zero-order valence-electron chi connectivity index (χ0n) is 18.0. The highest BCUT2D eigenvalue weighted by Crippen LogP contribution is 2.31. The third kappa shape index (κ3) is 4.72. The lowest BCUT2D eigenvalue weighted by Gasteiger charge is -2.27. The van der Waals surface area contributed by atoms with E-state index < -0.39 is 0 Å². The van der Waals surface area contributed by atoms with Gasteiger partial charge in [-0.05, 0) is 62.6 Å². The molecule has 0 atom stereocenters. The minimum atomic E-state index is 0.0215. The number of ether oxygens (including phenoxy) is 1. The summed E-state index contributed by atoms with van der Waals surface area (Å²) < 4.78 is 6.57. The van der Waals surface area contributed by atoms with Crippen LogP contribution in [-0.2, 0) is 4.74 Å². The van der Waals surface area contributed by atoms with Gasteiger partial charge in [0.1, 0.15) is 0 Å². The number of aryl methyl sites for hydroxylation is 3. The lowest BCUT2D eigenvalue weighted by molar-refractivity contribution is 0.0376. The lowest BCUT2D eigenvalue weighted by atomic mass is 10.1. The van der Waals surface area contributed by atoms with Gasteiger partial charge in [-0.15, -0.1) is 0 Å². The van der Waals surface area contributed by atoms with Crippen molar-refractivity contribution >= 4 is 32.6 Å². The molecule has 0 unspecified atom stereocenters. The van der Waals surface area contributed by atoms with Crippen molar-refractivity contribution in [3.63, 3.8) is 0 Å². The monoisotopic (exact) mass is 423 g/mol. The number of aromatic nitrogens is 1. The number of fused-ring (bicyclic) bond motifs is 1. The van der Waals surface area contributed by atoms with Crippen molar-refractivity contribution in [1.82, 2.24) is 9.88 Å². The van der Waals surface area contributed by atoms with Gasteiger partial charge in [-0.3, -0.25) is 14.6 Å². The molecule has 0 saturated carbocycles. The molecule has 1 fully saturated rings. The molecule has 1 aliphatic heterocycles. The molecule has 4 rings (SSSR count). The van der Waals surface area contributed by atoms with E-state index in [1.54, 1.807) is 11.3 Å². The van der Waals surface area contributed by atoms with Crippen LogP contribution in [0.25, 0.3) is 10.2 Å². The molecule has 5 nitrogen and oxygen atoms in total. The first-order valence-electron chi connectivity index (χ1n) is 10.6. The third-order valence-corrected chi connectivity index (χ3v) is 6.73. The molecule has 2 heterocycles. The fraction of sp³-hybridized carbons (Fsp3) is 0.417. The van der Waals surface area contributed by atoms with Gasteiger partial charge in [0.15, 0.2) is 5.13 Å². The number of rotatable bonds is 6. The highest BCUT2D eigenvalue weighted by Gasteiger charge is 2.22. The van der Waals surface area contributed by atoms with E-state index in [0.29, 0.717) is 12.1 Å². The normalized spacial score (nSPS) is 14.9. The molecule has 1 aromatic heterocycles. The number of carbonyl (C=O) groups is 1. The van der Waals surface area contributed by atoms with E-state index in [9.17, 15) is 4.79 Å². The van der Waals surface area contributed by atoms with E-state index in [-0.39, 0.29) is 5.91 Å². The van der Waals surface area contributed by atoms with Gasteiger partial charge in [-0.1, -0.05) is 29.0 Å². The smallest absolute Gasteiger partial charge is 0.260 e. The van der Waals surface area contributed by atoms with E-state index in [1.807, 2.05) is 36.1 Å². The van der Waals surface area contributed by atoms with Crippen molar-refractivity contribution in [2.24, 2.45) is 0 Å². The summed E-state index contributed by atoms with van der Waals surface area (Å²) in [6, 6.07) is 12.1. The molecular weight excluding hydrogens is 394 g/mol. The predicted octanol–water partition coefficient (Wildman–Crippen LogP) is 4.59. The lowest BCUT2D eigenvalue weighted by Crippen LogP contribution is -2.39. The van der Waals surface area contributed by atoms with Gasteiger partial charge in [-0.2, -0.15) is 0 Å². The summed E-state index contributed by atoms with van der Waals surface area (Å²) in [5, 5.41) is 0.781. The third-order valence-electron chi connectivity index (χ3n) is 5.69. The number of carbonyl (C=O) groups excluding carboxylic acids is 1. The van der Waals surface area contributed by atoms with Crippen molar-refractivity contribution in [1.29, 1.82) is 0 Å². The largest absolute Gasteiger partial charge is 0.379 e. The molecule has 1 aliphatic rings. The summed E-state index contributed by atoms with van der Waals surface area (Å²) in [6.07, 6.45) is 0.908. The average molecular weight is 424 g/mol. The average Bonchev–Trinajstić information content (AvgIpc) is 3.14. The minimum absolute atomic E-state index is 0.0215. The van der Waals surface area contributed by atoms with E-state index in [4.69, 9.17) is 9.72 Å². The number of anilines is 1. The Balaban J connectivity index is 1.59. The molecule has 3 aromatic rings. The predicted molar refractivity (Wildman–Crippen MR) is 124 cm³/mol. The summed E-state index contributed by atoms with van der Waals surface area (Å²) in [6.45, 7) is 11.4. The number of hydrogen-bond acceptors (Lipinski definition) is 5. The van der Waals surface area contributed by atoms with E-state index in [2.05, 4.69) is 30.9 Å². The number of hydrogen-bond donors (Lipinski definition) is 0. The maximum atomic E-state index is 13.4. The Bertz CT molecular complexity index is 1000. The van der Waals surface area contributed by atoms with Gasteiger partial charge in [-0.25, -0.2) is 4.98 Å². The standard InChI is InChI=1S/C24H29N3O2S/c1-17-6-4-7-20(14-17)23(28)27(9-5-8-26-10-12-29-13-11-26)24-25-21-15-18(2)19(3)16-22(21)30-24/h4,6-7,14-16H,5,8-13H2,1-3H3. The molecule has 30 heavy (non-hydrogen) atoms. The quantitative estimate of drug-likeness (QED) is 0.582. The maximum absolute atomic E-state index is 13.4. The topological polar surface area (TPSA) is 45.7 Å². The minimum Gasteiger partial charge on any atom is -0.379 e. The Hall–Kier alpha value is -2.28. The van der Waals surface area contributed by atoms with Crippen LogP contribution in [0.15, 0.2) is 36.4 Å². The molecule has 1 saturated heterocycles. The van der Waals surface area contributed by atoms with Crippen LogP contribution in [0.3, 0.4) is 0 Å².